The maximum Gasteiger partial charge on any atom is 0.242 e. The molecule has 37 heavy (non-hydrogen) atoms. The van der Waals surface area contributed by atoms with Gasteiger partial charge in [-0.15, -0.1) is 0 Å². The lowest BCUT2D eigenvalue weighted by atomic mass is 10.1. The third-order valence-electron chi connectivity index (χ3n) is 6.06. The fourth-order valence-electron chi connectivity index (χ4n) is 3.93. The van der Waals surface area contributed by atoms with Crippen molar-refractivity contribution in [1.29, 1.82) is 0 Å². The van der Waals surface area contributed by atoms with Crippen LogP contribution in [0.3, 0.4) is 0 Å². The number of ether oxygens (including phenoxy) is 1. The summed E-state index contributed by atoms with van der Waals surface area (Å²) in [7, 11) is -3.61. The van der Waals surface area contributed by atoms with Gasteiger partial charge in [-0.25, -0.2) is 8.42 Å². The SMILES string of the molecule is CCCCNC(=O)[C@@H](C)N(Cc1ccc(C)cc1)C(=O)CCCN(c1ccccc1OCC)S(C)(=O)=O. The van der Waals surface area contributed by atoms with Gasteiger partial charge in [0.25, 0.3) is 0 Å². The molecule has 2 aromatic carbocycles. The molecule has 1 N–H and O–H groups in total. The van der Waals surface area contributed by atoms with E-state index >= 15 is 0 Å². The summed E-state index contributed by atoms with van der Waals surface area (Å²) in [6, 6.07) is 14.2. The molecule has 0 aliphatic carbocycles. The number of benzene rings is 2. The highest BCUT2D eigenvalue weighted by molar-refractivity contribution is 7.92. The number of unbranched alkanes of at least 4 members (excludes halogenated alkanes) is 1. The van der Waals surface area contributed by atoms with E-state index in [0.29, 0.717) is 37.6 Å². The normalized spacial score (nSPS) is 12.0. The summed E-state index contributed by atoms with van der Waals surface area (Å²) < 4.78 is 32.1. The molecule has 1 atom stereocenters. The van der Waals surface area contributed by atoms with Gasteiger partial charge in [-0.1, -0.05) is 55.3 Å². The summed E-state index contributed by atoms with van der Waals surface area (Å²) >= 11 is 0. The van der Waals surface area contributed by atoms with Crippen LogP contribution in [0, 0.1) is 6.92 Å². The van der Waals surface area contributed by atoms with Crippen LogP contribution in [0.4, 0.5) is 5.69 Å². The van der Waals surface area contributed by atoms with E-state index in [1.165, 1.54) is 4.31 Å². The number of nitrogens with zero attached hydrogens (tertiary/aromatic N) is 2. The van der Waals surface area contributed by atoms with Gasteiger partial charge in [0.15, 0.2) is 0 Å². The molecule has 0 fully saturated rings. The standard InChI is InChI=1S/C28H41N3O5S/c1-6-8-19-29-28(33)23(4)30(21-24-17-15-22(3)16-18-24)27(32)14-11-20-31(37(5,34)35)25-12-9-10-13-26(25)36-7-2/h9-10,12-13,15-18,23H,6-8,11,14,19-21H2,1-5H3,(H,29,33)/t23-/m1/s1. The van der Waals surface area contributed by atoms with Gasteiger partial charge in [-0.3, -0.25) is 13.9 Å². The van der Waals surface area contributed by atoms with Crippen LogP contribution in [-0.2, 0) is 26.2 Å². The highest BCUT2D eigenvalue weighted by Gasteiger charge is 2.27. The Morgan fingerprint density at radius 2 is 1.70 bits per heavy atom. The second kappa shape index (κ2) is 14.6. The number of carbonyl (C=O) groups is 2. The van der Waals surface area contributed by atoms with E-state index in [-0.39, 0.29) is 24.8 Å². The van der Waals surface area contributed by atoms with Crippen LogP contribution in [0.2, 0.25) is 0 Å². The zero-order valence-corrected chi connectivity index (χ0v) is 23.5. The molecule has 0 aromatic heterocycles. The van der Waals surface area contributed by atoms with Crippen molar-refractivity contribution in [2.24, 2.45) is 0 Å². The monoisotopic (exact) mass is 531 g/mol. The number of hydrogen-bond donors (Lipinski definition) is 1. The number of nitrogens with one attached hydrogen (secondary N) is 1. The second-order valence-corrected chi connectivity index (χ2v) is 11.1. The van der Waals surface area contributed by atoms with E-state index in [9.17, 15) is 18.0 Å². The maximum atomic E-state index is 13.4. The van der Waals surface area contributed by atoms with Crippen molar-refractivity contribution in [3.8, 4) is 5.75 Å². The fraction of sp³-hybridized carbons (Fsp3) is 0.500. The molecule has 0 unspecified atom stereocenters. The van der Waals surface area contributed by atoms with Crippen LogP contribution in [0.15, 0.2) is 48.5 Å². The van der Waals surface area contributed by atoms with Crippen LogP contribution < -0.4 is 14.4 Å². The van der Waals surface area contributed by atoms with Gasteiger partial charge in [0.2, 0.25) is 21.8 Å². The Labute approximate surface area is 222 Å². The number of amides is 2. The quantitative estimate of drug-likeness (QED) is 0.346. The smallest absolute Gasteiger partial charge is 0.242 e. The minimum absolute atomic E-state index is 0.0985. The first-order valence-electron chi connectivity index (χ1n) is 12.9. The first-order valence-corrected chi connectivity index (χ1v) is 14.8. The van der Waals surface area contributed by atoms with Crippen LogP contribution in [0.25, 0.3) is 0 Å². The van der Waals surface area contributed by atoms with Crippen LogP contribution in [-0.4, -0.2) is 57.1 Å². The van der Waals surface area contributed by atoms with Crippen molar-refractivity contribution in [2.75, 3.05) is 30.3 Å². The summed E-state index contributed by atoms with van der Waals surface area (Å²) in [5.41, 5.74) is 2.48. The molecule has 0 aliphatic rings. The molecule has 2 rings (SSSR count). The number of hydrogen-bond acceptors (Lipinski definition) is 5. The lowest BCUT2D eigenvalue weighted by molar-refractivity contribution is -0.140. The number of sulfonamides is 1. The Balaban J connectivity index is 2.17. The average Bonchev–Trinajstić information content (AvgIpc) is 2.86. The van der Waals surface area contributed by atoms with Gasteiger partial charge in [0.1, 0.15) is 11.8 Å². The third kappa shape index (κ3) is 9.39. The molecule has 8 nitrogen and oxygen atoms in total. The Morgan fingerprint density at radius 1 is 1.03 bits per heavy atom. The number of aryl methyl sites for hydroxylation is 1. The van der Waals surface area contributed by atoms with Gasteiger partial charge >= 0.3 is 0 Å². The van der Waals surface area contributed by atoms with Gasteiger partial charge in [-0.05, 0) is 51.3 Å². The van der Waals surface area contributed by atoms with Crippen molar-refractivity contribution in [3.05, 3.63) is 59.7 Å². The summed E-state index contributed by atoms with van der Waals surface area (Å²) in [4.78, 5) is 27.8. The predicted molar refractivity (Wildman–Crippen MR) is 148 cm³/mol. The predicted octanol–water partition coefficient (Wildman–Crippen LogP) is 4.27. The largest absolute Gasteiger partial charge is 0.492 e. The van der Waals surface area contributed by atoms with Gasteiger partial charge in [0.05, 0.1) is 18.6 Å². The van der Waals surface area contributed by atoms with E-state index < -0.39 is 16.1 Å². The number of anilines is 1. The highest BCUT2D eigenvalue weighted by Crippen LogP contribution is 2.30. The third-order valence-corrected chi connectivity index (χ3v) is 7.24. The number of para-hydroxylation sites is 2. The number of carbonyl (C=O) groups excluding carboxylic acids is 2. The Bertz CT molecular complexity index is 1120. The molecule has 2 aromatic rings. The van der Waals surface area contributed by atoms with Crippen LogP contribution in [0.5, 0.6) is 5.75 Å². The fourth-order valence-corrected chi connectivity index (χ4v) is 4.90. The first-order chi connectivity index (χ1) is 17.6. The first kappa shape index (κ1) is 30.2. The van der Waals surface area contributed by atoms with Gasteiger partial charge < -0.3 is 15.0 Å². The second-order valence-electron chi connectivity index (χ2n) is 9.17. The summed E-state index contributed by atoms with van der Waals surface area (Å²) in [6.07, 6.45) is 3.37. The van der Waals surface area contributed by atoms with E-state index in [2.05, 4.69) is 12.2 Å². The molecular weight excluding hydrogens is 490 g/mol. The molecule has 204 valence electrons. The molecule has 0 bridgehead atoms. The molecule has 0 saturated heterocycles. The molecule has 0 saturated carbocycles. The summed E-state index contributed by atoms with van der Waals surface area (Å²) in [5, 5.41) is 2.91. The minimum atomic E-state index is -3.61. The molecule has 0 spiro atoms. The molecule has 0 heterocycles. The van der Waals surface area contributed by atoms with Crippen molar-refractivity contribution in [3.63, 3.8) is 0 Å². The summed E-state index contributed by atoms with van der Waals surface area (Å²) in [6.45, 7) is 8.99. The molecule has 2 amide bonds. The number of rotatable bonds is 15. The van der Waals surface area contributed by atoms with Gasteiger partial charge in [-0.2, -0.15) is 0 Å². The van der Waals surface area contributed by atoms with Crippen molar-refractivity contribution in [2.45, 2.75) is 66.0 Å². The lowest BCUT2D eigenvalue weighted by Crippen LogP contribution is -2.48. The highest BCUT2D eigenvalue weighted by atomic mass is 32.2. The molecular formula is C28H41N3O5S. The van der Waals surface area contributed by atoms with E-state index in [4.69, 9.17) is 4.74 Å². The maximum absolute atomic E-state index is 13.4. The van der Waals surface area contributed by atoms with E-state index in [0.717, 1.165) is 30.2 Å². The van der Waals surface area contributed by atoms with Crippen molar-refractivity contribution < 1.29 is 22.7 Å². The van der Waals surface area contributed by atoms with E-state index in [1.54, 1.807) is 36.1 Å². The Kier molecular flexibility index (Phi) is 11.9. The van der Waals surface area contributed by atoms with Gasteiger partial charge in [0, 0.05) is 26.1 Å². The van der Waals surface area contributed by atoms with E-state index in [1.807, 2.05) is 38.1 Å². The summed E-state index contributed by atoms with van der Waals surface area (Å²) in [5.74, 6) is 0.0719. The zero-order valence-electron chi connectivity index (χ0n) is 22.7. The van der Waals surface area contributed by atoms with Crippen molar-refractivity contribution in [1.82, 2.24) is 10.2 Å². The average molecular weight is 532 g/mol. The van der Waals surface area contributed by atoms with Crippen molar-refractivity contribution >= 4 is 27.5 Å². The Morgan fingerprint density at radius 3 is 2.32 bits per heavy atom. The Hall–Kier alpha value is -3.07. The zero-order chi connectivity index (χ0) is 27.4. The molecule has 0 radical (unpaired) electrons. The topological polar surface area (TPSA) is 96.0 Å². The lowest BCUT2D eigenvalue weighted by Gasteiger charge is -2.29. The minimum Gasteiger partial charge on any atom is -0.492 e. The molecule has 9 heteroatoms. The van der Waals surface area contributed by atoms with Crippen LogP contribution in [0.1, 0.15) is 57.6 Å². The van der Waals surface area contributed by atoms with Crippen LogP contribution >= 0.6 is 0 Å². The molecule has 0 aliphatic heterocycles.